The zero-order valence-electron chi connectivity index (χ0n) is 7.35. The molecule has 0 bridgehead atoms. The summed E-state index contributed by atoms with van der Waals surface area (Å²) < 4.78 is 0. The minimum Gasteiger partial charge on any atom is -0.289 e. The molecule has 0 saturated carbocycles. The number of nitrogens with zero attached hydrogens (tertiary/aromatic N) is 3. The van der Waals surface area contributed by atoms with E-state index in [4.69, 9.17) is 11.6 Å². The van der Waals surface area contributed by atoms with Crippen molar-refractivity contribution in [2.24, 2.45) is 0 Å². The SMILES string of the molecule is O=C(Nc1nccc(Cl)n1)c1cscn1. The van der Waals surface area contributed by atoms with E-state index in [-0.39, 0.29) is 17.0 Å². The van der Waals surface area contributed by atoms with Crippen LogP contribution in [0.3, 0.4) is 0 Å². The van der Waals surface area contributed by atoms with Gasteiger partial charge in [-0.25, -0.2) is 15.0 Å². The number of aromatic nitrogens is 3. The summed E-state index contributed by atoms with van der Waals surface area (Å²) >= 11 is 6.98. The Morgan fingerprint density at radius 2 is 2.33 bits per heavy atom. The number of hydrogen-bond donors (Lipinski definition) is 1. The molecule has 0 unspecified atom stereocenters. The van der Waals surface area contributed by atoms with E-state index in [9.17, 15) is 4.79 Å². The molecule has 0 aliphatic heterocycles. The first-order valence-corrected chi connectivity index (χ1v) is 5.26. The van der Waals surface area contributed by atoms with Crippen LogP contribution in [0.15, 0.2) is 23.2 Å². The van der Waals surface area contributed by atoms with Gasteiger partial charge in [0.2, 0.25) is 5.95 Å². The molecule has 0 saturated heterocycles. The van der Waals surface area contributed by atoms with Crippen molar-refractivity contribution in [2.45, 2.75) is 0 Å². The molecule has 1 amide bonds. The molecular weight excluding hydrogens is 236 g/mol. The summed E-state index contributed by atoms with van der Waals surface area (Å²) in [6.45, 7) is 0. The van der Waals surface area contributed by atoms with E-state index >= 15 is 0 Å². The normalized spacial score (nSPS) is 9.93. The fourth-order valence-electron chi connectivity index (χ4n) is 0.887. The zero-order chi connectivity index (χ0) is 10.7. The lowest BCUT2D eigenvalue weighted by atomic mass is 10.4. The van der Waals surface area contributed by atoms with Gasteiger partial charge < -0.3 is 0 Å². The highest BCUT2D eigenvalue weighted by molar-refractivity contribution is 7.07. The molecule has 0 aromatic carbocycles. The van der Waals surface area contributed by atoms with Gasteiger partial charge in [0.15, 0.2) is 0 Å². The lowest BCUT2D eigenvalue weighted by molar-refractivity contribution is 0.102. The summed E-state index contributed by atoms with van der Waals surface area (Å²) in [7, 11) is 0. The van der Waals surface area contributed by atoms with E-state index < -0.39 is 0 Å². The van der Waals surface area contributed by atoms with Gasteiger partial charge >= 0.3 is 0 Å². The smallest absolute Gasteiger partial charge is 0.277 e. The standard InChI is InChI=1S/C8H5ClN4OS/c9-6-1-2-10-8(12-6)13-7(14)5-3-15-4-11-5/h1-4H,(H,10,12,13,14). The fourth-order valence-corrected chi connectivity index (χ4v) is 1.56. The fraction of sp³-hybridized carbons (Fsp3) is 0. The van der Waals surface area contributed by atoms with Crippen LogP contribution < -0.4 is 5.32 Å². The zero-order valence-corrected chi connectivity index (χ0v) is 8.92. The molecule has 5 nitrogen and oxygen atoms in total. The molecule has 0 atom stereocenters. The van der Waals surface area contributed by atoms with Gasteiger partial charge in [0.25, 0.3) is 5.91 Å². The Bertz CT molecular complexity index is 473. The first-order valence-electron chi connectivity index (χ1n) is 3.94. The molecule has 0 aliphatic rings. The second kappa shape index (κ2) is 4.33. The van der Waals surface area contributed by atoms with E-state index in [1.807, 2.05) is 0 Å². The van der Waals surface area contributed by atoms with Gasteiger partial charge in [-0.05, 0) is 6.07 Å². The van der Waals surface area contributed by atoms with Gasteiger partial charge in [0, 0.05) is 11.6 Å². The Hall–Kier alpha value is -1.53. The number of carbonyl (C=O) groups is 1. The number of anilines is 1. The van der Waals surface area contributed by atoms with Crippen molar-refractivity contribution in [2.75, 3.05) is 5.32 Å². The number of nitrogens with one attached hydrogen (secondary N) is 1. The molecule has 0 radical (unpaired) electrons. The van der Waals surface area contributed by atoms with Crippen LogP contribution in [0.4, 0.5) is 5.95 Å². The second-order valence-corrected chi connectivity index (χ2v) is 3.64. The maximum atomic E-state index is 11.5. The number of rotatable bonds is 2. The van der Waals surface area contributed by atoms with Crippen molar-refractivity contribution in [1.29, 1.82) is 0 Å². The summed E-state index contributed by atoms with van der Waals surface area (Å²) in [6.07, 6.45) is 1.46. The molecule has 0 fully saturated rings. The van der Waals surface area contributed by atoms with Crippen molar-refractivity contribution < 1.29 is 4.79 Å². The molecule has 0 aliphatic carbocycles. The minimum atomic E-state index is -0.349. The predicted molar refractivity (Wildman–Crippen MR) is 57.1 cm³/mol. The first-order chi connectivity index (χ1) is 7.25. The van der Waals surface area contributed by atoms with Crippen LogP contribution in [0.2, 0.25) is 5.15 Å². The summed E-state index contributed by atoms with van der Waals surface area (Å²) in [5, 5.41) is 4.40. The summed E-state index contributed by atoms with van der Waals surface area (Å²) in [6, 6.07) is 1.53. The van der Waals surface area contributed by atoms with Gasteiger partial charge in [0.1, 0.15) is 10.8 Å². The van der Waals surface area contributed by atoms with E-state index in [0.717, 1.165) is 0 Å². The highest BCUT2D eigenvalue weighted by Gasteiger charge is 2.09. The maximum absolute atomic E-state index is 11.5. The van der Waals surface area contributed by atoms with E-state index in [2.05, 4.69) is 20.3 Å². The largest absolute Gasteiger partial charge is 0.289 e. The minimum absolute atomic E-state index is 0.167. The molecule has 2 aromatic rings. The number of carbonyl (C=O) groups excluding carboxylic acids is 1. The lowest BCUT2D eigenvalue weighted by Crippen LogP contribution is -2.14. The summed E-state index contributed by atoms with van der Waals surface area (Å²) in [5.74, 6) is -0.181. The van der Waals surface area contributed by atoms with Crippen LogP contribution in [0.5, 0.6) is 0 Å². The van der Waals surface area contributed by atoms with Crippen LogP contribution in [0.1, 0.15) is 10.5 Å². The Kier molecular flexibility index (Phi) is 2.89. The molecule has 7 heteroatoms. The summed E-state index contributed by atoms with van der Waals surface area (Å²) in [5.41, 5.74) is 1.91. The predicted octanol–water partition coefficient (Wildman–Crippen LogP) is 1.84. The van der Waals surface area contributed by atoms with Crippen LogP contribution in [-0.4, -0.2) is 20.9 Å². The quantitative estimate of drug-likeness (QED) is 0.814. The Morgan fingerprint density at radius 1 is 1.47 bits per heavy atom. The van der Waals surface area contributed by atoms with Crippen molar-refractivity contribution in [1.82, 2.24) is 15.0 Å². The maximum Gasteiger partial charge on any atom is 0.277 e. The molecular formula is C8H5ClN4OS. The van der Waals surface area contributed by atoms with E-state index in [0.29, 0.717) is 5.69 Å². The van der Waals surface area contributed by atoms with Crippen molar-refractivity contribution >= 4 is 34.8 Å². The number of hydrogen-bond acceptors (Lipinski definition) is 5. The Labute approximate surface area is 94.2 Å². The topological polar surface area (TPSA) is 67.8 Å². The van der Waals surface area contributed by atoms with E-state index in [1.165, 1.54) is 23.6 Å². The van der Waals surface area contributed by atoms with Crippen molar-refractivity contribution in [3.8, 4) is 0 Å². The third-order valence-electron chi connectivity index (χ3n) is 1.51. The second-order valence-electron chi connectivity index (χ2n) is 2.53. The molecule has 15 heavy (non-hydrogen) atoms. The molecule has 1 N–H and O–H groups in total. The van der Waals surface area contributed by atoms with Gasteiger partial charge in [0.05, 0.1) is 5.51 Å². The molecule has 2 rings (SSSR count). The molecule has 0 spiro atoms. The van der Waals surface area contributed by atoms with Gasteiger partial charge in [-0.3, -0.25) is 10.1 Å². The average Bonchev–Trinajstić information content (AvgIpc) is 2.70. The lowest BCUT2D eigenvalue weighted by Gasteiger charge is -2.00. The number of amides is 1. The monoisotopic (exact) mass is 240 g/mol. The van der Waals surface area contributed by atoms with Crippen LogP contribution in [-0.2, 0) is 0 Å². The molecule has 2 aromatic heterocycles. The molecule has 2 heterocycles. The van der Waals surface area contributed by atoms with Crippen molar-refractivity contribution in [3.05, 3.63) is 34.0 Å². The highest BCUT2D eigenvalue weighted by atomic mass is 35.5. The van der Waals surface area contributed by atoms with Crippen LogP contribution >= 0.6 is 22.9 Å². The highest BCUT2D eigenvalue weighted by Crippen LogP contribution is 2.08. The Balaban J connectivity index is 2.13. The van der Waals surface area contributed by atoms with E-state index in [1.54, 1.807) is 10.9 Å². The van der Waals surface area contributed by atoms with Crippen molar-refractivity contribution in [3.63, 3.8) is 0 Å². The van der Waals surface area contributed by atoms with Crippen LogP contribution in [0.25, 0.3) is 0 Å². The molecule has 76 valence electrons. The van der Waals surface area contributed by atoms with Gasteiger partial charge in [-0.1, -0.05) is 11.6 Å². The first kappa shape index (κ1) is 10.0. The average molecular weight is 241 g/mol. The number of halogens is 1. The number of thiazole rings is 1. The third kappa shape index (κ3) is 2.48. The summed E-state index contributed by atoms with van der Waals surface area (Å²) in [4.78, 5) is 23.0. The van der Waals surface area contributed by atoms with Crippen LogP contribution in [0, 0.1) is 0 Å². The third-order valence-corrected chi connectivity index (χ3v) is 2.31. The van der Waals surface area contributed by atoms with Gasteiger partial charge in [-0.15, -0.1) is 11.3 Å². The Morgan fingerprint density at radius 3 is 3.00 bits per heavy atom. The van der Waals surface area contributed by atoms with Gasteiger partial charge in [-0.2, -0.15) is 0 Å².